The minimum Gasteiger partial charge on any atom is -0.348 e. The lowest BCUT2D eigenvalue weighted by atomic mass is 10.1. The maximum atomic E-state index is 11.3. The molecule has 1 aromatic rings. The quantitative estimate of drug-likeness (QED) is 0.756. The molecule has 1 rings (SSSR count). The normalized spacial score (nSPS) is 14.5. The van der Waals surface area contributed by atoms with Crippen molar-refractivity contribution < 1.29 is 4.79 Å². The van der Waals surface area contributed by atoms with Crippen LogP contribution in [0.3, 0.4) is 0 Å². The molecule has 3 nitrogen and oxygen atoms in total. The Morgan fingerprint density at radius 3 is 2.36 bits per heavy atom. The molecule has 0 saturated heterocycles. The van der Waals surface area contributed by atoms with Gasteiger partial charge in [-0.1, -0.05) is 30.3 Å². The average molecular weight is 192 g/mol. The molecule has 1 amide bonds. The van der Waals surface area contributed by atoms with E-state index < -0.39 is 6.04 Å². The minimum atomic E-state index is -0.457. The zero-order valence-electron chi connectivity index (χ0n) is 8.53. The first-order valence-corrected chi connectivity index (χ1v) is 4.72. The molecule has 3 N–H and O–H groups in total. The molecule has 76 valence electrons. The van der Waals surface area contributed by atoms with Gasteiger partial charge in [0.25, 0.3) is 0 Å². The van der Waals surface area contributed by atoms with Crippen molar-refractivity contribution in [1.82, 2.24) is 5.32 Å². The number of benzene rings is 1. The maximum Gasteiger partial charge on any atom is 0.237 e. The fourth-order valence-electron chi connectivity index (χ4n) is 1.17. The fraction of sp³-hybridized carbons (Fsp3) is 0.364. The Bertz CT molecular complexity index is 295. The SMILES string of the molecule is C[C@H](N)C(=O)N[C@H](C)c1ccccc1. The van der Waals surface area contributed by atoms with Crippen LogP contribution in [0.5, 0.6) is 0 Å². The lowest BCUT2D eigenvalue weighted by Gasteiger charge is -2.15. The van der Waals surface area contributed by atoms with Gasteiger partial charge in [-0.05, 0) is 19.4 Å². The van der Waals surface area contributed by atoms with E-state index in [0.717, 1.165) is 5.56 Å². The van der Waals surface area contributed by atoms with Crippen molar-refractivity contribution in [2.24, 2.45) is 5.73 Å². The Labute approximate surface area is 84.3 Å². The van der Waals surface area contributed by atoms with Crippen LogP contribution in [0.2, 0.25) is 0 Å². The number of nitrogens with two attached hydrogens (primary N) is 1. The first kappa shape index (κ1) is 10.7. The molecule has 0 aliphatic heterocycles. The molecule has 0 spiro atoms. The van der Waals surface area contributed by atoms with E-state index in [0.29, 0.717) is 0 Å². The molecule has 0 aliphatic carbocycles. The second-order valence-electron chi connectivity index (χ2n) is 3.43. The van der Waals surface area contributed by atoms with E-state index in [4.69, 9.17) is 5.73 Å². The van der Waals surface area contributed by atoms with E-state index in [1.54, 1.807) is 6.92 Å². The molecule has 0 aromatic heterocycles. The summed E-state index contributed by atoms with van der Waals surface area (Å²) in [5.74, 6) is -0.124. The Kier molecular flexibility index (Phi) is 3.65. The molecule has 0 fully saturated rings. The van der Waals surface area contributed by atoms with Crippen molar-refractivity contribution in [2.75, 3.05) is 0 Å². The van der Waals surface area contributed by atoms with E-state index in [9.17, 15) is 4.79 Å². The predicted octanol–water partition coefficient (Wildman–Crippen LogP) is 1.21. The summed E-state index contributed by atoms with van der Waals surface area (Å²) in [6.45, 7) is 3.61. The Morgan fingerprint density at radius 1 is 1.29 bits per heavy atom. The number of amides is 1. The lowest BCUT2D eigenvalue weighted by Crippen LogP contribution is -2.39. The number of nitrogens with one attached hydrogen (secondary N) is 1. The van der Waals surface area contributed by atoms with Crippen LogP contribution in [-0.4, -0.2) is 11.9 Å². The maximum absolute atomic E-state index is 11.3. The first-order valence-electron chi connectivity index (χ1n) is 4.72. The van der Waals surface area contributed by atoms with Crippen molar-refractivity contribution in [1.29, 1.82) is 0 Å². The molecule has 0 bridgehead atoms. The van der Waals surface area contributed by atoms with Gasteiger partial charge in [0.15, 0.2) is 0 Å². The molecular formula is C11H16N2O. The standard InChI is InChI=1S/C11H16N2O/c1-8(12)11(14)13-9(2)10-6-4-3-5-7-10/h3-9H,12H2,1-2H3,(H,13,14)/t8-,9+/m0/s1. The zero-order valence-corrected chi connectivity index (χ0v) is 8.53. The molecule has 3 heteroatoms. The number of carbonyl (C=O) groups is 1. The number of hydrogen-bond donors (Lipinski definition) is 2. The molecule has 2 atom stereocenters. The summed E-state index contributed by atoms with van der Waals surface area (Å²) in [7, 11) is 0. The molecule has 14 heavy (non-hydrogen) atoms. The Morgan fingerprint density at radius 2 is 1.86 bits per heavy atom. The van der Waals surface area contributed by atoms with E-state index in [2.05, 4.69) is 5.32 Å². The second-order valence-corrected chi connectivity index (χ2v) is 3.43. The van der Waals surface area contributed by atoms with Gasteiger partial charge < -0.3 is 11.1 Å². The minimum absolute atomic E-state index is 0.00898. The molecule has 0 heterocycles. The molecule has 0 aliphatic rings. The van der Waals surface area contributed by atoms with Gasteiger partial charge in [-0.15, -0.1) is 0 Å². The van der Waals surface area contributed by atoms with Crippen LogP contribution in [0.1, 0.15) is 25.5 Å². The van der Waals surface area contributed by atoms with Crippen LogP contribution >= 0.6 is 0 Å². The monoisotopic (exact) mass is 192 g/mol. The highest BCUT2D eigenvalue weighted by molar-refractivity contribution is 5.81. The van der Waals surface area contributed by atoms with Crippen LogP contribution in [0.25, 0.3) is 0 Å². The summed E-state index contributed by atoms with van der Waals surface area (Å²) in [5.41, 5.74) is 6.53. The average Bonchev–Trinajstić information content (AvgIpc) is 2.19. The topological polar surface area (TPSA) is 55.1 Å². The van der Waals surface area contributed by atoms with Gasteiger partial charge in [0, 0.05) is 0 Å². The molecular weight excluding hydrogens is 176 g/mol. The fourth-order valence-corrected chi connectivity index (χ4v) is 1.17. The van der Waals surface area contributed by atoms with E-state index in [1.165, 1.54) is 0 Å². The second kappa shape index (κ2) is 4.77. The number of hydrogen-bond acceptors (Lipinski definition) is 2. The van der Waals surface area contributed by atoms with Gasteiger partial charge in [0.1, 0.15) is 0 Å². The summed E-state index contributed by atoms with van der Waals surface area (Å²) in [4.78, 5) is 11.3. The Balaban J connectivity index is 2.59. The highest BCUT2D eigenvalue weighted by atomic mass is 16.2. The molecule has 0 radical (unpaired) electrons. The smallest absolute Gasteiger partial charge is 0.237 e. The summed E-state index contributed by atoms with van der Waals surface area (Å²) in [5, 5.41) is 2.83. The van der Waals surface area contributed by atoms with E-state index in [-0.39, 0.29) is 11.9 Å². The van der Waals surface area contributed by atoms with Crippen molar-refractivity contribution >= 4 is 5.91 Å². The zero-order chi connectivity index (χ0) is 10.6. The number of carbonyl (C=O) groups excluding carboxylic acids is 1. The largest absolute Gasteiger partial charge is 0.348 e. The van der Waals surface area contributed by atoms with Gasteiger partial charge in [-0.3, -0.25) is 4.79 Å². The van der Waals surface area contributed by atoms with Crippen LogP contribution in [0.15, 0.2) is 30.3 Å². The summed E-state index contributed by atoms with van der Waals surface area (Å²) in [6, 6.07) is 9.35. The van der Waals surface area contributed by atoms with Gasteiger partial charge in [0.2, 0.25) is 5.91 Å². The van der Waals surface area contributed by atoms with Crippen molar-refractivity contribution in [3.05, 3.63) is 35.9 Å². The van der Waals surface area contributed by atoms with E-state index in [1.807, 2.05) is 37.3 Å². The summed E-state index contributed by atoms with van der Waals surface area (Å²) >= 11 is 0. The van der Waals surface area contributed by atoms with Crippen molar-refractivity contribution in [3.63, 3.8) is 0 Å². The Hall–Kier alpha value is -1.35. The van der Waals surface area contributed by atoms with Crippen molar-refractivity contribution in [3.8, 4) is 0 Å². The van der Waals surface area contributed by atoms with Crippen LogP contribution in [-0.2, 0) is 4.79 Å². The summed E-state index contributed by atoms with van der Waals surface area (Å²) in [6.07, 6.45) is 0. The highest BCUT2D eigenvalue weighted by Crippen LogP contribution is 2.10. The molecule has 1 aromatic carbocycles. The van der Waals surface area contributed by atoms with Gasteiger partial charge in [0.05, 0.1) is 12.1 Å². The predicted molar refractivity (Wildman–Crippen MR) is 56.6 cm³/mol. The van der Waals surface area contributed by atoms with Gasteiger partial charge >= 0.3 is 0 Å². The van der Waals surface area contributed by atoms with Crippen molar-refractivity contribution in [2.45, 2.75) is 25.9 Å². The third-order valence-corrected chi connectivity index (χ3v) is 2.07. The highest BCUT2D eigenvalue weighted by Gasteiger charge is 2.11. The van der Waals surface area contributed by atoms with Gasteiger partial charge in [-0.25, -0.2) is 0 Å². The third-order valence-electron chi connectivity index (χ3n) is 2.07. The van der Waals surface area contributed by atoms with Crippen LogP contribution in [0.4, 0.5) is 0 Å². The molecule has 0 unspecified atom stereocenters. The summed E-state index contributed by atoms with van der Waals surface area (Å²) < 4.78 is 0. The van der Waals surface area contributed by atoms with Gasteiger partial charge in [-0.2, -0.15) is 0 Å². The van der Waals surface area contributed by atoms with Crippen LogP contribution in [0, 0.1) is 0 Å². The van der Waals surface area contributed by atoms with Crippen LogP contribution < -0.4 is 11.1 Å². The lowest BCUT2D eigenvalue weighted by molar-refractivity contribution is -0.122. The van der Waals surface area contributed by atoms with E-state index >= 15 is 0 Å². The third kappa shape index (κ3) is 2.85. The number of rotatable bonds is 3. The molecule has 0 saturated carbocycles. The first-order chi connectivity index (χ1) is 6.61.